The molecule has 0 spiro atoms. The molecule has 4 heteroatoms. The number of ketones is 1. The number of sulfone groups is 1. The molecular formula is C17H18O3S. The van der Waals surface area contributed by atoms with Crippen molar-refractivity contribution in [2.75, 3.05) is 6.26 Å². The molecule has 2 aromatic carbocycles. The quantitative estimate of drug-likeness (QED) is 0.819. The fourth-order valence-electron chi connectivity index (χ4n) is 2.94. The van der Waals surface area contributed by atoms with Crippen molar-refractivity contribution in [1.29, 1.82) is 0 Å². The summed E-state index contributed by atoms with van der Waals surface area (Å²) in [5.41, 5.74) is 3.00. The van der Waals surface area contributed by atoms with E-state index in [4.69, 9.17) is 0 Å². The van der Waals surface area contributed by atoms with Crippen LogP contribution in [-0.2, 0) is 22.7 Å². The van der Waals surface area contributed by atoms with E-state index in [2.05, 4.69) is 6.07 Å². The Morgan fingerprint density at radius 1 is 1.05 bits per heavy atom. The Labute approximate surface area is 124 Å². The van der Waals surface area contributed by atoms with Gasteiger partial charge in [-0.1, -0.05) is 30.3 Å². The van der Waals surface area contributed by atoms with Gasteiger partial charge < -0.3 is 0 Å². The molecule has 0 heterocycles. The van der Waals surface area contributed by atoms with E-state index in [1.165, 1.54) is 25.0 Å². The number of Topliss-reactive ketones (excluding diaryl/α,β-unsaturated/α-hetero) is 1. The number of aryl methyl sites for hydroxylation is 2. The predicted molar refractivity (Wildman–Crippen MR) is 84.6 cm³/mol. The Morgan fingerprint density at radius 3 is 2.29 bits per heavy atom. The topological polar surface area (TPSA) is 51.2 Å². The highest BCUT2D eigenvalue weighted by Gasteiger charge is 2.39. The fraction of sp³-hybridized carbons (Fsp3) is 0.353. The van der Waals surface area contributed by atoms with Crippen LogP contribution < -0.4 is 0 Å². The minimum Gasteiger partial charge on any atom is -0.292 e. The highest BCUT2D eigenvalue weighted by molar-refractivity contribution is 7.92. The summed E-state index contributed by atoms with van der Waals surface area (Å²) in [5, 5.41) is 2.01. The van der Waals surface area contributed by atoms with Crippen molar-refractivity contribution in [3.63, 3.8) is 0 Å². The minimum absolute atomic E-state index is 0.333. The Kier molecular flexibility index (Phi) is 2.99. The first-order valence-electron chi connectivity index (χ1n) is 7.01. The average molecular weight is 302 g/mol. The van der Waals surface area contributed by atoms with Crippen molar-refractivity contribution in [1.82, 2.24) is 0 Å². The number of hydrogen-bond acceptors (Lipinski definition) is 3. The van der Waals surface area contributed by atoms with Crippen molar-refractivity contribution in [2.45, 2.75) is 31.4 Å². The molecule has 1 aliphatic rings. The van der Waals surface area contributed by atoms with Crippen LogP contribution in [0.15, 0.2) is 30.3 Å². The van der Waals surface area contributed by atoms with E-state index in [0.29, 0.717) is 5.56 Å². The Balaban J connectivity index is 2.26. The third kappa shape index (κ3) is 2.01. The molecule has 0 saturated carbocycles. The largest absolute Gasteiger partial charge is 0.292 e. The second kappa shape index (κ2) is 4.41. The van der Waals surface area contributed by atoms with Gasteiger partial charge in [0.15, 0.2) is 15.6 Å². The van der Waals surface area contributed by atoms with Crippen LogP contribution in [-0.4, -0.2) is 25.2 Å². The summed E-state index contributed by atoms with van der Waals surface area (Å²) in [6, 6.07) is 9.68. The van der Waals surface area contributed by atoms with E-state index < -0.39 is 14.6 Å². The molecule has 2 aromatic rings. The number of carbonyl (C=O) groups is 1. The van der Waals surface area contributed by atoms with Crippen LogP contribution in [0.25, 0.3) is 10.8 Å². The molecule has 110 valence electrons. The normalized spacial score (nSPS) is 14.6. The third-order valence-electron chi connectivity index (χ3n) is 4.60. The molecule has 21 heavy (non-hydrogen) atoms. The van der Waals surface area contributed by atoms with Crippen LogP contribution >= 0.6 is 0 Å². The molecule has 0 fully saturated rings. The predicted octanol–water partition coefficient (Wildman–Crippen LogP) is 2.94. The van der Waals surface area contributed by atoms with Crippen molar-refractivity contribution in [3.05, 3.63) is 47.0 Å². The lowest BCUT2D eigenvalue weighted by Gasteiger charge is -2.22. The number of carbonyl (C=O) groups excluding carboxylic acids is 1. The van der Waals surface area contributed by atoms with Crippen molar-refractivity contribution in [3.8, 4) is 0 Å². The van der Waals surface area contributed by atoms with Gasteiger partial charge in [0.05, 0.1) is 0 Å². The van der Waals surface area contributed by atoms with E-state index in [1.54, 1.807) is 6.07 Å². The molecular weight excluding hydrogens is 284 g/mol. The Morgan fingerprint density at radius 2 is 1.67 bits per heavy atom. The van der Waals surface area contributed by atoms with Crippen molar-refractivity contribution >= 4 is 26.4 Å². The molecule has 0 aliphatic heterocycles. The van der Waals surface area contributed by atoms with Crippen LogP contribution in [0.2, 0.25) is 0 Å². The molecule has 0 aromatic heterocycles. The molecule has 0 N–H and O–H groups in total. The molecule has 0 saturated heterocycles. The zero-order valence-electron chi connectivity index (χ0n) is 12.4. The monoisotopic (exact) mass is 302 g/mol. The van der Waals surface area contributed by atoms with Gasteiger partial charge in [-0.15, -0.1) is 0 Å². The third-order valence-corrected chi connectivity index (χ3v) is 6.63. The number of benzene rings is 2. The second-order valence-corrected chi connectivity index (χ2v) is 8.79. The number of rotatable bonds is 3. The van der Waals surface area contributed by atoms with Gasteiger partial charge in [-0.05, 0) is 48.6 Å². The molecule has 0 radical (unpaired) electrons. The van der Waals surface area contributed by atoms with Crippen LogP contribution in [0.5, 0.6) is 0 Å². The lowest BCUT2D eigenvalue weighted by atomic mass is 9.93. The Bertz CT molecular complexity index is 851. The van der Waals surface area contributed by atoms with Gasteiger partial charge >= 0.3 is 0 Å². The lowest BCUT2D eigenvalue weighted by molar-refractivity contribution is 0.0956. The van der Waals surface area contributed by atoms with Gasteiger partial charge in [0.2, 0.25) is 0 Å². The van der Waals surface area contributed by atoms with Gasteiger partial charge in [0, 0.05) is 11.8 Å². The van der Waals surface area contributed by atoms with Gasteiger partial charge in [0.1, 0.15) is 4.75 Å². The summed E-state index contributed by atoms with van der Waals surface area (Å²) in [4.78, 5) is 12.8. The first kappa shape index (κ1) is 14.3. The van der Waals surface area contributed by atoms with E-state index in [-0.39, 0.29) is 5.78 Å². The van der Waals surface area contributed by atoms with E-state index in [9.17, 15) is 13.2 Å². The summed E-state index contributed by atoms with van der Waals surface area (Å²) in [5.74, 6) is -0.333. The standard InChI is InChI=1S/C17H18O3S/c1-17(2,21(3,19)20)16(18)14-10-9-12-8-7-11-5-4-6-13(14)15(11)12/h4-6,9-10H,7-8H2,1-3H3. The van der Waals surface area contributed by atoms with Gasteiger partial charge in [0.25, 0.3) is 0 Å². The fourth-order valence-corrected chi connectivity index (χ4v) is 3.38. The highest BCUT2D eigenvalue weighted by atomic mass is 32.2. The first-order chi connectivity index (χ1) is 9.73. The van der Waals surface area contributed by atoms with Gasteiger partial charge in [-0.25, -0.2) is 8.42 Å². The summed E-state index contributed by atoms with van der Waals surface area (Å²) >= 11 is 0. The lowest BCUT2D eigenvalue weighted by Crippen LogP contribution is -2.40. The van der Waals surface area contributed by atoms with E-state index in [1.807, 2.05) is 18.2 Å². The van der Waals surface area contributed by atoms with Crippen LogP contribution in [0.3, 0.4) is 0 Å². The zero-order valence-corrected chi connectivity index (χ0v) is 13.3. The van der Waals surface area contributed by atoms with Crippen molar-refractivity contribution in [2.24, 2.45) is 0 Å². The summed E-state index contributed by atoms with van der Waals surface area (Å²) in [6.07, 6.45) is 3.09. The number of hydrogen-bond donors (Lipinski definition) is 0. The molecule has 0 atom stereocenters. The molecule has 0 unspecified atom stereocenters. The molecule has 0 bridgehead atoms. The Hall–Kier alpha value is -1.68. The SMILES string of the molecule is CC(C)(C(=O)c1ccc2c3c(cccc13)CC2)S(C)(=O)=O. The maximum atomic E-state index is 12.8. The van der Waals surface area contributed by atoms with E-state index in [0.717, 1.165) is 29.9 Å². The van der Waals surface area contributed by atoms with Gasteiger partial charge in [-0.3, -0.25) is 4.79 Å². The molecule has 3 rings (SSSR count). The average Bonchev–Trinajstić information content (AvgIpc) is 2.83. The minimum atomic E-state index is -3.47. The summed E-state index contributed by atoms with van der Waals surface area (Å²) in [7, 11) is -3.47. The van der Waals surface area contributed by atoms with Crippen LogP contribution in [0, 0.1) is 0 Å². The molecule has 1 aliphatic carbocycles. The highest BCUT2D eigenvalue weighted by Crippen LogP contribution is 2.34. The maximum absolute atomic E-state index is 12.8. The zero-order chi connectivity index (χ0) is 15.4. The van der Waals surface area contributed by atoms with E-state index >= 15 is 0 Å². The molecule has 3 nitrogen and oxygen atoms in total. The van der Waals surface area contributed by atoms with Crippen LogP contribution in [0.1, 0.15) is 35.3 Å². The van der Waals surface area contributed by atoms with Crippen molar-refractivity contribution < 1.29 is 13.2 Å². The summed E-state index contributed by atoms with van der Waals surface area (Å²) in [6.45, 7) is 2.96. The van der Waals surface area contributed by atoms with Crippen LogP contribution in [0.4, 0.5) is 0 Å². The first-order valence-corrected chi connectivity index (χ1v) is 8.90. The summed E-state index contributed by atoms with van der Waals surface area (Å²) < 4.78 is 22.4. The molecule has 0 amide bonds. The maximum Gasteiger partial charge on any atom is 0.184 e. The second-order valence-electron chi connectivity index (χ2n) is 6.22. The smallest absolute Gasteiger partial charge is 0.184 e. The van der Waals surface area contributed by atoms with Gasteiger partial charge in [-0.2, -0.15) is 0 Å².